The van der Waals surface area contributed by atoms with Crippen LogP contribution in [0.15, 0.2) is 42.5 Å². The highest BCUT2D eigenvalue weighted by atomic mass is 127. The molecular weight excluding hydrogens is 381 g/mol. The topological polar surface area (TPSA) is 52.4 Å². The normalized spacial score (nSPS) is 10.2. The van der Waals surface area contributed by atoms with Crippen molar-refractivity contribution < 1.29 is 9.66 Å². The van der Waals surface area contributed by atoms with Crippen molar-refractivity contribution in [2.24, 2.45) is 0 Å². The summed E-state index contributed by atoms with van der Waals surface area (Å²) in [6.45, 7) is 0.133. The lowest BCUT2D eigenvalue weighted by Gasteiger charge is -2.07. The molecule has 2 rings (SSSR count). The van der Waals surface area contributed by atoms with Gasteiger partial charge in [-0.1, -0.05) is 17.7 Å². The first-order chi connectivity index (χ1) is 9.06. The van der Waals surface area contributed by atoms with Gasteiger partial charge < -0.3 is 4.74 Å². The van der Waals surface area contributed by atoms with Crippen molar-refractivity contribution in [3.05, 3.63) is 66.7 Å². The Morgan fingerprint density at radius 1 is 1.26 bits per heavy atom. The van der Waals surface area contributed by atoms with Crippen molar-refractivity contribution in [1.82, 2.24) is 0 Å². The summed E-state index contributed by atoms with van der Waals surface area (Å²) in [5.41, 5.74) is 0.464. The maximum atomic E-state index is 10.9. The first-order valence-electron chi connectivity index (χ1n) is 5.37. The van der Waals surface area contributed by atoms with E-state index in [9.17, 15) is 10.1 Å². The molecule has 0 amide bonds. The fourth-order valence-corrected chi connectivity index (χ4v) is 2.23. The largest absolute Gasteiger partial charge is 0.489 e. The van der Waals surface area contributed by atoms with Crippen molar-refractivity contribution in [3.8, 4) is 5.75 Å². The van der Waals surface area contributed by atoms with Crippen LogP contribution in [-0.2, 0) is 6.61 Å². The van der Waals surface area contributed by atoms with Crippen LogP contribution in [0.4, 0.5) is 5.69 Å². The summed E-state index contributed by atoms with van der Waals surface area (Å²) in [5, 5.41) is 11.3. The number of nitrogens with zero attached hydrogens (tertiary/aromatic N) is 1. The average Bonchev–Trinajstić information content (AvgIpc) is 2.37. The maximum absolute atomic E-state index is 10.9. The number of nitro groups is 1. The standard InChI is InChI=1S/C13H9ClINO3/c14-10-5-4-9(13(6-10)16(17)18)8-19-12-3-1-2-11(15)7-12/h1-7H,8H2. The molecule has 0 aromatic heterocycles. The van der Waals surface area contributed by atoms with E-state index in [4.69, 9.17) is 16.3 Å². The summed E-state index contributed by atoms with van der Waals surface area (Å²) in [6.07, 6.45) is 0. The molecular formula is C13H9ClINO3. The number of hydrogen-bond donors (Lipinski definition) is 0. The molecule has 0 radical (unpaired) electrons. The number of ether oxygens (including phenoxy) is 1. The van der Waals surface area contributed by atoms with Gasteiger partial charge in [0.1, 0.15) is 12.4 Å². The Morgan fingerprint density at radius 2 is 2.05 bits per heavy atom. The second-order valence-corrected chi connectivity index (χ2v) is 5.46. The summed E-state index contributed by atoms with van der Waals surface area (Å²) < 4.78 is 6.59. The molecule has 0 atom stereocenters. The fourth-order valence-electron chi connectivity index (χ4n) is 1.55. The Balaban J connectivity index is 2.17. The molecule has 0 aliphatic heterocycles. The molecule has 0 saturated heterocycles. The van der Waals surface area contributed by atoms with E-state index in [1.165, 1.54) is 6.07 Å². The van der Waals surface area contributed by atoms with Crippen LogP contribution in [-0.4, -0.2) is 4.92 Å². The third-order valence-corrected chi connectivity index (χ3v) is 3.34. The van der Waals surface area contributed by atoms with Crippen LogP contribution in [0.25, 0.3) is 0 Å². The highest BCUT2D eigenvalue weighted by molar-refractivity contribution is 14.1. The van der Waals surface area contributed by atoms with E-state index in [0.29, 0.717) is 16.3 Å². The molecule has 0 N–H and O–H groups in total. The van der Waals surface area contributed by atoms with Crippen LogP contribution in [0.5, 0.6) is 5.75 Å². The Morgan fingerprint density at radius 3 is 2.74 bits per heavy atom. The lowest BCUT2D eigenvalue weighted by atomic mass is 10.2. The highest BCUT2D eigenvalue weighted by Gasteiger charge is 2.14. The van der Waals surface area contributed by atoms with Crippen LogP contribution < -0.4 is 4.74 Å². The maximum Gasteiger partial charge on any atom is 0.277 e. The van der Waals surface area contributed by atoms with Crippen molar-refractivity contribution >= 4 is 39.9 Å². The SMILES string of the molecule is O=[N+]([O-])c1cc(Cl)ccc1COc1cccc(I)c1. The van der Waals surface area contributed by atoms with Crippen molar-refractivity contribution in [2.75, 3.05) is 0 Å². The van der Waals surface area contributed by atoms with E-state index < -0.39 is 4.92 Å². The molecule has 0 fully saturated rings. The van der Waals surface area contributed by atoms with Gasteiger partial charge in [0.15, 0.2) is 0 Å². The molecule has 19 heavy (non-hydrogen) atoms. The first-order valence-corrected chi connectivity index (χ1v) is 6.83. The van der Waals surface area contributed by atoms with Crippen molar-refractivity contribution in [2.45, 2.75) is 6.61 Å². The molecule has 0 aliphatic rings. The van der Waals surface area contributed by atoms with Gasteiger partial charge in [0.2, 0.25) is 0 Å². The first kappa shape index (κ1) is 14.1. The Labute approximate surface area is 128 Å². The van der Waals surface area contributed by atoms with Crippen LogP contribution >= 0.6 is 34.2 Å². The van der Waals surface area contributed by atoms with Gasteiger partial charge in [0.25, 0.3) is 5.69 Å². The summed E-state index contributed by atoms with van der Waals surface area (Å²) in [5.74, 6) is 0.677. The second-order valence-electron chi connectivity index (χ2n) is 3.78. The van der Waals surface area contributed by atoms with Gasteiger partial charge in [-0.2, -0.15) is 0 Å². The van der Waals surface area contributed by atoms with Crippen LogP contribution in [0.1, 0.15) is 5.56 Å². The molecule has 0 aliphatic carbocycles. The smallest absolute Gasteiger partial charge is 0.277 e. The van der Waals surface area contributed by atoms with Crippen LogP contribution in [0.2, 0.25) is 5.02 Å². The Kier molecular flexibility index (Phi) is 4.60. The lowest BCUT2D eigenvalue weighted by Crippen LogP contribution is -2.00. The zero-order chi connectivity index (χ0) is 13.8. The molecule has 0 heterocycles. The minimum Gasteiger partial charge on any atom is -0.489 e. The van der Waals surface area contributed by atoms with Gasteiger partial charge in [0, 0.05) is 14.7 Å². The van der Waals surface area contributed by atoms with Gasteiger partial charge in [-0.3, -0.25) is 10.1 Å². The molecule has 0 unspecified atom stereocenters. The number of halogens is 2. The Hall–Kier alpha value is -1.34. The summed E-state index contributed by atoms with van der Waals surface area (Å²) >= 11 is 7.93. The number of nitro benzene ring substituents is 1. The predicted octanol–water partition coefficient (Wildman–Crippen LogP) is 4.43. The van der Waals surface area contributed by atoms with E-state index >= 15 is 0 Å². The van der Waals surface area contributed by atoms with Gasteiger partial charge in [-0.25, -0.2) is 0 Å². The molecule has 6 heteroatoms. The number of benzene rings is 2. The third-order valence-electron chi connectivity index (χ3n) is 2.43. The lowest BCUT2D eigenvalue weighted by molar-refractivity contribution is -0.385. The fraction of sp³-hybridized carbons (Fsp3) is 0.0769. The molecule has 2 aromatic rings. The van der Waals surface area contributed by atoms with Gasteiger partial charge in [-0.05, 0) is 52.9 Å². The number of rotatable bonds is 4. The Bertz CT molecular complexity index is 619. The summed E-state index contributed by atoms with van der Waals surface area (Å²) in [4.78, 5) is 10.5. The zero-order valence-electron chi connectivity index (χ0n) is 9.68. The minimum absolute atomic E-state index is 0.0295. The van der Waals surface area contributed by atoms with Crippen LogP contribution in [0.3, 0.4) is 0 Å². The number of hydrogen-bond acceptors (Lipinski definition) is 3. The van der Waals surface area contributed by atoms with E-state index in [1.807, 2.05) is 24.3 Å². The third kappa shape index (κ3) is 3.81. The molecule has 0 saturated carbocycles. The van der Waals surface area contributed by atoms with Gasteiger partial charge >= 0.3 is 0 Å². The van der Waals surface area contributed by atoms with Crippen LogP contribution in [0, 0.1) is 13.7 Å². The zero-order valence-corrected chi connectivity index (χ0v) is 12.6. The molecule has 0 spiro atoms. The second kappa shape index (κ2) is 6.21. The molecule has 0 bridgehead atoms. The monoisotopic (exact) mass is 389 g/mol. The molecule has 98 valence electrons. The quantitative estimate of drug-likeness (QED) is 0.441. The summed E-state index contributed by atoms with van der Waals surface area (Å²) in [7, 11) is 0. The van der Waals surface area contributed by atoms with Crippen molar-refractivity contribution in [3.63, 3.8) is 0 Å². The van der Waals surface area contributed by atoms with Crippen molar-refractivity contribution in [1.29, 1.82) is 0 Å². The highest BCUT2D eigenvalue weighted by Crippen LogP contribution is 2.25. The minimum atomic E-state index is -0.459. The summed E-state index contributed by atoms with van der Waals surface area (Å²) in [6, 6.07) is 12.0. The van der Waals surface area contributed by atoms with Gasteiger partial charge in [-0.15, -0.1) is 0 Å². The van der Waals surface area contributed by atoms with E-state index in [2.05, 4.69) is 22.6 Å². The predicted molar refractivity (Wildman–Crippen MR) is 81.6 cm³/mol. The van der Waals surface area contributed by atoms with E-state index in [0.717, 1.165) is 3.57 Å². The van der Waals surface area contributed by atoms with Gasteiger partial charge in [0.05, 0.1) is 10.5 Å². The van der Waals surface area contributed by atoms with E-state index in [-0.39, 0.29) is 12.3 Å². The average molecular weight is 390 g/mol. The van der Waals surface area contributed by atoms with E-state index in [1.54, 1.807) is 12.1 Å². The molecule has 2 aromatic carbocycles. The molecule has 4 nitrogen and oxygen atoms in total.